The zero-order valence-corrected chi connectivity index (χ0v) is 19.1. The van der Waals surface area contributed by atoms with Crippen LogP contribution in [0.1, 0.15) is 21.6 Å². The van der Waals surface area contributed by atoms with E-state index in [9.17, 15) is 13.2 Å². The van der Waals surface area contributed by atoms with Crippen molar-refractivity contribution in [3.63, 3.8) is 0 Å². The molecular weight excluding hydrogens is 454 g/mol. The van der Waals surface area contributed by atoms with Gasteiger partial charge in [0.05, 0.1) is 31.2 Å². The van der Waals surface area contributed by atoms with Crippen molar-refractivity contribution in [1.29, 1.82) is 0 Å². The number of nitrogens with zero attached hydrogens (tertiary/aromatic N) is 2. The van der Waals surface area contributed by atoms with Crippen molar-refractivity contribution in [3.8, 4) is 11.5 Å². The highest BCUT2D eigenvalue weighted by Gasteiger charge is 2.23. The Kier molecular flexibility index (Phi) is 7.66. The molecule has 0 aliphatic heterocycles. The van der Waals surface area contributed by atoms with E-state index in [2.05, 4.69) is 15.3 Å². The lowest BCUT2D eigenvalue weighted by molar-refractivity contribution is 0.0948. The van der Waals surface area contributed by atoms with Crippen LogP contribution in [0.4, 0.5) is 0 Å². The summed E-state index contributed by atoms with van der Waals surface area (Å²) in [6, 6.07) is 14.1. The summed E-state index contributed by atoms with van der Waals surface area (Å²) in [6.45, 7) is 0.279. The molecule has 1 aromatic heterocycles. The van der Waals surface area contributed by atoms with Crippen molar-refractivity contribution in [1.82, 2.24) is 15.3 Å². The summed E-state index contributed by atoms with van der Waals surface area (Å²) in [5.74, 6) is 0.324. The fourth-order valence-electron chi connectivity index (χ4n) is 2.96. The normalized spacial score (nSPS) is 11.1. The summed E-state index contributed by atoms with van der Waals surface area (Å²) in [6.07, 6.45) is 1.63. The lowest BCUT2D eigenvalue weighted by atomic mass is 10.1. The highest BCUT2D eigenvalue weighted by atomic mass is 35.5. The summed E-state index contributed by atoms with van der Waals surface area (Å²) in [5.41, 5.74) is 1.32. The van der Waals surface area contributed by atoms with E-state index in [1.165, 1.54) is 0 Å². The van der Waals surface area contributed by atoms with Gasteiger partial charge in [0.2, 0.25) is 15.0 Å². The van der Waals surface area contributed by atoms with E-state index in [0.29, 0.717) is 23.5 Å². The molecule has 0 saturated carbocycles. The lowest BCUT2D eigenvalue weighted by Crippen LogP contribution is -2.27. The van der Waals surface area contributed by atoms with Gasteiger partial charge in [-0.25, -0.2) is 18.4 Å². The summed E-state index contributed by atoms with van der Waals surface area (Å²) >= 11 is 6.06. The molecule has 1 amide bonds. The largest absolute Gasteiger partial charge is 0.493 e. The number of rotatable bonds is 9. The number of amides is 1. The first-order valence-corrected chi connectivity index (χ1v) is 11.7. The highest BCUT2D eigenvalue weighted by molar-refractivity contribution is 7.90. The summed E-state index contributed by atoms with van der Waals surface area (Å²) in [5, 5.41) is 2.22. The summed E-state index contributed by atoms with van der Waals surface area (Å²) in [7, 11) is -0.752. The van der Waals surface area contributed by atoms with Gasteiger partial charge in [-0.15, -0.1) is 0 Å². The fraction of sp³-hybridized carbons (Fsp3) is 0.227. The van der Waals surface area contributed by atoms with E-state index in [1.807, 2.05) is 12.1 Å². The third-order valence-corrected chi connectivity index (χ3v) is 6.30. The van der Waals surface area contributed by atoms with Crippen LogP contribution in [0.5, 0.6) is 11.5 Å². The van der Waals surface area contributed by atoms with Crippen LogP contribution in [-0.4, -0.2) is 45.1 Å². The molecular formula is C22H22ClN3O5S. The molecule has 0 spiro atoms. The lowest BCUT2D eigenvalue weighted by Gasteiger charge is -2.10. The number of methoxy groups -OCH3 is 2. The average Bonchev–Trinajstić information content (AvgIpc) is 2.79. The zero-order valence-electron chi connectivity index (χ0n) is 17.5. The molecule has 1 N–H and O–H groups in total. The molecule has 32 heavy (non-hydrogen) atoms. The number of carbonyl (C=O) groups is 1. The zero-order chi connectivity index (χ0) is 23.1. The maximum absolute atomic E-state index is 12.7. The fourth-order valence-corrected chi connectivity index (χ4v) is 4.34. The SMILES string of the molecule is COc1ccc(CCNC(=O)c2nc(S(=O)(=O)Cc3ccccc3)ncc2Cl)cc1OC. The second-order valence-electron chi connectivity index (χ2n) is 6.79. The predicted octanol–water partition coefficient (Wildman–Crippen LogP) is 3.09. The van der Waals surface area contributed by atoms with Crippen molar-refractivity contribution in [3.05, 3.63) is 76.6 Å². The molecule has 0 atom stereocenters. The van der Waals surface area contributed by atoms with E-state index >= 15 is 0 Å². The number of carbonyl (C=O) groups excluding carboxylic acids is 1. The Labute approximate surface area is 191 Å². The summed E-state index contributed by atoms with van der Waals surface area (Å²) < 4.78 is 35.8. The molecule has 0 bridgehead atoms. The van der Waals surface area contributed by atoms with Gasteiger partial charge in [0.1, 0.15) is 0 Å². The molecule has 168 valence electrons. The van der Waals surface area contributed by atoms with Crippen LogP contribution >= 0.6 is 11.6 Å². The first-order valence-electron chi connectivity index (χ1n) is 9.62. The molecule has 0 saturated heterocycles. The van der Waals surface area contributed by atoms with Gasteiger partial charge in [0, 0.05) is 6.54 Å². The van der Waals surface area contributed by atoms with Crippen LogP contribution in [0, 0.1) is 0 Å². The Morgan fingerprint density at radius 2 is 1.75 bits per heavy atom. The van der Waals surface area contributed by atoms with E-state index in [0.717, 1.165) is 11.8 Å². The van der Waals surface area contributed by atoms with Crippen molar-refractivity contribution < 1.29 is 22.7 Å². The Morgan fingerprint density at radius 1 is 1.03 bits per heavy atom. The standard InChI is InChI=1S/C22H22ClN3O5S/c1-30-18-9-8-15(12-19(18)31-2)10-11-24-21(27)20-17(23)13-25-22(26-20)32(28,29)14-16-6-4-3-5-7-16/h3-9,12-13H,10-11,14H2,1-2H3,(H,24,27). The number of nitrogens with one attached hydrogen (secondary N) is 1. The van der Waals surface area contributed by atoms with Gasteiger partial charge < -0.3 is 14.8 Å². The molecule has 0 radical (unpaired) electrons. The minimum atomic E-state index is -3.85. The number of benzene rings is 2. The van der Waals surface area contributed by atoms with Gasteiger partial charge in [-0.05, 0) is 29.7 Å². The van der Waals surface area contributed by atoms with Gasteiger partial charge in [-0.3, -0.25) is 4.79 Å². The average molecular weight is 476 g/mol. The van der Waals surface area contributed by atoms with Crippen molar-refractivity contribution in [2.45, 2.75) is 17.3 Å². The van der Waals surface area contributed by atoms with Gasteiger partial charge in [-0.1, -0.05) is 48.0 Å². The number of ether oxygens (including phenoxy) is 2. The first kappa shape index (κ1) is 23.5. The molecule has 8 nitrogen and oxygen atoms in total. The third-order valence-electron chi connectivity index (χ3n) is 4.56. The molecule has 0 aliphatic rings. The highest BCUT2D eigenvalue weighted by Crippen LogP contribution is 2.27. The predicted molar refractivity (Wildman–Crippen MR) is 120 cm³/mol. The molecule has 0 aliphatic carbocycles. The van der Waals surface area contributed by atoms with Crippen LogP contribution in [0.3, 0.4) is 0 Å². The smallest absolute Gasteiger partial charge is 0.271 e. The Hall–Kier alpha value is -3.17. The molecule has 0 fully saturated rings. The van der Waals surface area contributed by atoms with E-state index in [-0.39, 0.29) is 23.0 Å². The Bertz CT molecular complexity index is 1200. The van der Waals surface area contributed by atoms with Crippen LogP contribution < -0.4 is 14.8 Å². The van der Waals surface area contributed by atoms with Gasteiger partial charge in [-0.2, -0.15) is 0 Å². The number of halogens is 1. The monoisotopic (exact) mass is 475 g/mol. The molecule has 3 rings (SSSR count). The first-order chi connectivity index (χ1) is 15.3. The molecule has 1 heterocycles. The summed E-state index contributed by atoms with van der Waals surface area (Å²) in [4.78, 5) is 20.3. The molecule has 10 heteroatoms. The maximum atomic E-state index is 12.7. The van der Waals surface area contributed by atoms with E-state index in [1.54, 1.807) is 50.6 Å². The second-order valence-corrected chi connectivity index (χ2v) is 9.08. The Morgan fingerprint density at radius 3 is 2.44 bits per heavy atom. The van der Waals surface area contributed by atoms with E-state index < -0.39 is 20.9 Å². The third kappa shape index (κ3) is 5.74. The quantitative estimate of drug-likeness (QED) is 0.474. The number of hydrogen-bond acceptors (Lipinski definition) is 7. The topological polar surface area (TPSA) is 107 Å². The van der Waals surface area contributed by atoms with Crippen molar-refractivity contribution in [2.24, 2.45) is 0 Å². The molecule has 3 aromatic rings. The Balaban J connectivity index is 1.69. The number of sulfone groups is 1. The number of hydrogen-bond donors (Lipinski definition) is 1. The van der Waals surface area contributed by atoms with Crippen LogP contribution in [0.25, 0.3) is 0 Å². The number of aromatic nitrogens is 2. The minimum absolute atomic E-state index is 0.0349. The molecule has 0 unspecified atom stereocenters. The second kappa shape index (κ2) is 10.4. The molecule has 2 aromatic carbocycles. The van der Waals surface area contributed by atoms with Gasteiger partial charge in [0.25, 0.3) is 5.91 Å². The van der Waals surface area contributed by atoms with Crippen molar-refractivity contribution >= 4 is 27.3 Å². The van der Waals surface area contributed by atoms with E-state index in [4.69, 9.17) is 21.1 Å². The maximum Gasteiger partial charge on any atom is 0.271 e. The van der Waals surface area contributed by atoms with Gasteiger partial charge in [0.15, 0.2) is 17.2 Å². The van der Waals surface area contributed by atoms with Crippen molar-refractivity contribution in [2.75, 3.05) is 20.8 Å². The van der Waals surface area contributed by atoms with Gasteiger partial charge >= 0.3 is 0 Å². The van der Waals surface area contributed by atoms with Crippen LogP contribution in [-0.2, 0) is 22.0 Å². The van der Waals surface area contributed by atoms with Crippen LogP contribution in [0.15, 0.2) is 59.9 Å². The van der Waals surface area contributed by atoms with Crippen LogP contribution in [0.2, 0.25) is 5.02 Å². The minimum Gasteiger partial charge on any atom is -0.493 e.